The highest BCUT2D eigenvalue weighted by molar-refractivity contribution is 7.92. The maximum absolute atomic E-state index is 14.6. The third-order valence-corrected chi connectivity index (χ3v) is 6.68. The first-order chi connectivity index (χ1) is 16.4. The molecule has 8 nitrogen and oxygen atoms in total. The van der Waals surface area contributed by atoms with Gasteiger partial charge in [-0.1, -0.05) is 18.2 Å². The predicted octanol–water partition coefficient (Wildman–Crippen LogP) is 3.72. The number of carbonyl (C=O) groups is 1. The molecule has 0 unspecified atom stereocenters. The van der Waals surface area contributed by atoms with Gasteiger partial charge in [0, 0.05) is 24.3 Å². The average molecular weight is 486 g/mol. The van der Waals surface area contributed by atoms with Crippen molar-refractivity contribution in [2.24, 2.45) is 0 Å². The van der Waals surface area contributed by atoms with E-state index >= 15 is 0 Å². The van der Waals surface area contributed by atoms with Crippen LogP contribution in [0, 0.1) is 5.82 Å². The molecule has 0 saturated carbocycles. The Morgan fingerprint density at radius 1 is 1.03 bits per heavy atom. The van der Waals surface area contributed by atoms with Gasteiger partial charge in [0.05, 0.1) is 36.6 Å². The number of methoxy groups -OCH3 is 1. The van der Waals surface area contributed by atoms with Crippen molar-refractivity contribution in [2.45, 2.75) is 4.90 Å². The topological polar surface area (TPSA) is 97.0 Å². The van der Waals surface area contributed by atoms with E-state index in [0.29, 0.717) is 37.7 Å². The van der Waals surface area contributed by atoms with Crippen LogP contribution in [0.2, 0.25) is 0 Å². The van der Waals surface area contributed by atoms with Gasteiger partial charge in [-0.15, -0.1) is 0 Å². The Hall–Kier alpha value is -3.63. The average Bonchev–Trinajstić information content (AvgIpc) is 2.85. The van der Waals surface area contributed by atoms with Gasteiger partial charge in [-0.05, 0) is 48.5 Å². The molecule has 1 aliphatic heterocycles. The minimum Gasteiger partial charge on any atom is -0.495 e. The third kappa shape index (κ3) is 5.29. The van der Waals surface area contributed by atoms with Crippen molar-refractivity contribution in [2.75, 3.05) is 48.4 Å². The molecule has 3 aromatic rings. The number of rotatable bonds is 7. The van der Waals surface area contributed by atoms with E-state index in [-0.39, 0.29) is 21.8 Å². The predicted molar refractivity (Wildman–Crippen MR) is 128 cm³/mol. The van der Waals surface area contributed by atoms with Gasteiger partial charge < -0.3 is 19.7 Å². The van der Waals surface area contributed by atoms with Crippen LogP contribution in [-0.4, -0.2) is 47.7 Å². The minimum absolute atomic E-state index is 0.0973. The monoisotopic (exact) mass is 485 g/mol. The molecule has 4 rings (SSSR count). The van der Waals surface area contributed by atoms with Crippen LogP contribution in [0.5, 0.6) is 5.75 Å². The summed E-state index contributed by atoms with van der Waals surface area (Å²) in [6, 6.07) is 16.6. The Labute approximate surface area is 197 Å². The Morgan fingerprint density at radius 3 is 2.53 bits per heavy atom. The van der Waals surface area contributed by atoms with Crippen molar-refractivity contribution in [3.05, 3.63) is 78.1 Å². The Bertz CT molecular complexity index is 1290. The summed E-state index contributed by atoms with van der Waals surface area (Å²) in [6.45, 7) is 2.24. The smallest absolute Gasteiger partial charge is 0.262 e. The number of amides is 1. The van der Waals surface area contributed by atoms with Gasteiger partial charge in [-0.25, -0.2) is 12.8 Å². The molecule has 10 heteroatoms. The molecular weight excluding hydrogens is 461 g/mol. The van der Waals surface area contributed by atoms with Gasteiger partial charge in [0.2, 0.25) is 0 Å². The fourth-order valence-corrected chi connectivity index (χ4v) is 4.70. The summed E-state index contributed by atoms with van der Waals surface area (Å²) in [7, 11) is -2.55. The summed E-state index contributed by atoms with van der Waals surface area (Å²) >= 11 is 0. The van der Waals surface area contributed by atoms with Gasteiger partial charge in [-0.2, -0.15) is 0 Å². The molecule has 3 aromatic carbocycles. The van der Waals surface area contributed by atoms with E-state index in [9.17, 15) is 17.6 Å². The van der Waals surface area contributed by atoms with Crippen LogP contribution in [0.4, 0.5) is 21.5 Å². The molecule has 1 saturated heterocycles. The van der Waals surface area contributed by atoms with E-state index in [1.54, 1.807) is 36.4 Å². The van der Waals surface area contributed by atoms with Crippen LogP contribution in [0.25, 0.3) is 0 Å². The molecule has 0 aromatic heterocycles. The summed E-state index contributed by atoms with van der Waals surface area (Å²) in [5.41, 5.74) is 1.09. The highest BCUT2D eigenvalue weighted by Crippen LogP contribution is 2.27. The van der Waals surface area contributed by atoms with Crippen LogP contribution in [0.15, 0.2) is 71.6 Å². The maximum atomic E-state index is 14.6. The van der Waals surface area contributed by atoms with E-state index in [4.69, 9.17) is 9.47 Å². The number of carbonyl (C=O) groups excluding carboxylic acids is 1. The highest BCUT2D eigenvalue weighted by atomic mass is 32.2. The number of sulfonamides is 1. The molecular formula is C24H24FN3O5S. The minimum atomic E-state index is -3.99. The number of nitrogens with one attached hydrogen (secondary N) is 2. The number of hydrogen-bond acceptors (Lipinski definition) is 6. The number of halogens is 1. The van der Waals surface area contributed by atoms with Crippen LogP contribution in [0.3, 0.4) is 0 Å². The van der Waals surface area contributed by atoms with Crippen LogP contribution >= 0.6 is 0 Å². The number of ether oxygens (including phenoxy) is 2. The zero-order chi connectivity index (χ0) is 24.1. The summed E-state index contributed by atoms with van der Waals surface area (Å²) in [4.78, 5) is 14.5. The molecule has 34 heavy (non-hydrogen) atoms. The Balaban J connectivity index is 1.50. The fourth-order valence-electron chi connectivity index (χ4n) is 3.59. The lowest BCUT2D eigenvalue weighted by Gasteiger charge is -2.29. The molecule has 0 aliphatic carbocycles. The number of anilines is 3. The summed E-state index contributed by atoms with van der Waals surface area (Å²) in [5.74, 6) is -0.660. The largest absolute Gasteiger partial charge is 0.495 e. The molecule has 2 N–H and O–H groups in total. The molecule has 0 spiro atoms. The van der Waals surface area contributed by atoms with Crippen LogP contribution in [-0.2, 0) is 14.8 Å². The van der Waals surface area contributed by atoms with Crippen LogP contribution in [0.1, 0.15) is 10.4 Å². The number of nitrogens with zero attached hydrogens (tertiary/aromatic N) is 1. The first kappa shape index (κ1) is 23.5. The van der Waals surface area contributed by atoms with E-state index in [1.807, 2.05) is 4.90 Å². The van der Waals surface area contributed by atoms with Gasteiger partial charge in [0.25, 0.3) is 15.9 Å². The summed E-state index contributed by atoms with van der Waals surface area (Å²) in [6.07, 6.45) is 0. The second-order valence-corrected chi connectivity index (χ2v) is 9.24. The lowest BCUT2D eigenvalue weighted by molar-refractivity contribution is 0.102. The normalized spacial score (nSPS) is 13.9. The second-order valence-electron chi connectivity index (χ2n) is 7.55. The SMILES string of the molecule is COc1ccccc1NS(=O)(=O)c1cccc(C(=O)Nc2ccc(N3CCOCC3)c(F)c2)c1. The molecule has 0 bridgehead atoms. The van der Waals surface area contributed by atoms with Gasteiger partial charge in [0.1, 0.15) is 11.6 Å². The molecule has 1 fully saturated rings. The Kier molecular flexibility index (Phi) is 6.99. The van der Waals surface area contributed by atoms with Crippen molar-refractivity contribution in [3.63, 3.8) is 0 Å². The molecule has 0 atom stereocenters. The van der Waals surface area contributed by atoms with Crippen molar-refractivity contribution >= 4 is 33.0 Å². The van der Waals surface area contributed by atoms with Crippen molar-refractivity contribution in [3.8, 4) is 5.75 Å². The lowest BCUT2D eigenvalue weighted by Crippen LogP contribution is -2.36. The fraction of sp³-hybridized carbons (Fsp3) is 0.208. The molecule has 178 valence electrons. The quantitative estimate of drug-likeness (QED) is 0.530. The summed E-state index contributed by atoms with van der Waals surface area (Å²) < 4.78 is 53.3. The van der Waals surface area contributed by atoms with Crippen molar-refractivity contribution in [1.29, 1.82) is 0 Å². The number of para-hydroxylation sites is 2. The first-order valence-electron chi connectivity index (χ1n) is 10.6. The van der Waals surface area contributed by atoms with Crippen molar-refractivity contribution in [1.82, 2.24) is 0 Å². The molecule has 1 amide bonds. The summed E-state index contributed by atoms with van der Waals surface area (Å²) in [5, 5.41) is 2.62. The number of benzene rings is 3. The third-order valence-electron chi connectivity index (χ3n) is 5.32. The van der Waals surface area contributed by atoms with Gasteiger partial charge >= 0.3 is 0 Å². The lowest BCUT2D eigenvalue weighted by atomic mass is 10.2. The zero-order valence-corrected chi connectivity index (χ0v) is 19.3. The molecule has 0 radical (unpaired) electrons. The van der Waals surface area contributed by atoms with E-state index in [1.165, 1.54) is 37.4 Å². The first-order valence-corrected chi connectivity index (χ1v) is 12.1. The maximum Gasteiger partial charge on any atom is 0.262 e. The van der Waals surface area contributed by atoms with Crippen molar-refractivity contribution < 1.29 is 27.1 Å². The molecule has 1 aliphatic rings. The zero-order valence-electron chi connectivity index (χ0n) is 18.5. The van der Waals surface area contributed by atoms with Gasteiger partial charge in [-0.3, -0.25) is 9.52 Å². The van der Waals surface area contributed by atoms with Crippen LogP contribution < -0.4 is 19.7 Å². The number of hydrogen-bond donors (Lipinski definition) is 2. The van der Waals surface area contributed by atoms with E-state index < -0.39 is 21.7 Å². The highest BCUT2D eigenvalue weighted by Gasteiger charge is 2.19. The standard InChI is InChI=1S/C24H24FN3O5S/c1-32-23-8-3-2-7-21(23)27-34(30,31)19-6-4-5-17(15-19)24(29)26-18-9-10-22(20(25)16-18)28-11-13-33-14-12-28/h2-10,15-16,27H,11-14H2,1H3,(H,26,29). The molecule has 1 heterocycles. The number of morpholine rings is 1. The van der Waals surface area contributed by atoms with E-state index in [2.05, 4.69) is 10.0 Å². The Morgan fingerprint density at radius 2 is 1.79 bits per heavy atom. The van der Waals surface area contributed by atoms with Gasteiger partial charge in [0.15, 0.2) is 0 Å². The van der Waals surface area contributed by atoms with E-state index in [0.717, 1.165) is 0 Å². The second kappa shape index (κ2) is 10.1.